The number of amides is 1. The molecule has 0 fully saturated rings. The lowest BCUT2D eigenvalue weighted by atomic mass is 10.2. The summed E-state index contributed by atoms with van der Waals surface area (Å²) in [6.45, 7) is 2.86. The van der Waals surface area contributed by atoms with Crippen molar-refractivity contribution in [1.82, 2.24) is 10.3 Å². The van der Waals surface area contributed by atoms with Crippen LogP contribution in [0.15, 0.2) is 30.5 Å². The van der Waals surface area contributed by atoms with Crippen LogP contribution in [0, 0.1) is 5.82 Å². The van der Waals surface area contributed by atoms with Gasteiger partial charge in [-0.1, -0.05) is 6.92 Å². The SMILES string of the molecule is CCCNC(=O)CNc1ccnc2cc(F)ccc12. The largest absolute Gasteiger partial charge is 0.376 e. The van der Waals surface area contributed by atoms with Crippen LogP contribution in [0.3, 0.4) is 0 Å². The third kappa shape index (κ3) is 3.40. The molecule has 0 spiro atoms. The molecule has 2 aromatic rings. The van der Waals surface area contributed by atoms with E-state index in [1.54, 1.807) is 18.3 Å². The smallest absolute Gasteiger partial charge is 0.239 e. The molecule has 2 rings (SSSR count). The second-order valence-electron chi connectivity index (χ2n) is 4.22. The topological polar surface area (TPSA) is 54.0 Å². The van der Waals surface area contributed by atoms with Gasteiger partial charge in [-0.25, -0.2) is 4.39 Å². The van der Waals surface area contributed by atoms with Crippen LogP contribution in [-0.4, -0.2) is 24.0 Å². The molecule has 1 amide bonds. The van der Waals surface area contributed by atoms with Gasteiger partial charge >= 0.3 is 0 Å². The lowest BCUT2D eigenvalue weighted by Gasteiger charge is -2.09. The number of carbonyl (C=O) groups excluding carboxylic acids is 1. The minimum atomic E-state index is -0.321. The first kappa shape index (κ1) is 13.3. The van der Waals surface area contributed by atoms with Gasteiger partial charge in [-0.2, -0.15) is 0 Å². The van der Waals surface area contributed by atoms with E-state index in [0.717, 1.165) is 17.5 Å². The monoisotopic (exact) mass is 261 g/mol. The zero-order chi connectivity index (χ0) is 13.7. The lowest BCUT2D eigenvalue weighted by Crippen LogP contribution is -2.30. The van der Waals surface area contributed by atoms with Crippen LogP contribution in [0.1, 0.15) is 13.3 Å². The first-order valence-electron chi connectivity index (χ1n) is 6.25. The standard InChI is InChI=1S/C14H16FN3O/c1-2-6-17-14(19)9-18-12-5-7-16-13-8-10(15)3-4-11(12)13/h3-5,7-8H,2,6,9H2,1H3,(H,16,18)(H,17,19). The molecular formula is C14H16FN3O. The molecule has 19 heavy (non-hydrogen) atoms. The Kier molecular flexibility index (Phi) is 4.28. The molecule has 1 aromatic carbocycles. The Morgan fingerprint density at radius 2 is 2.21 bits per heavy atom. The molecule has 2 N–H and O–H groups in total. The highest BCUT2D eigenvalue weighted by atomic mass is 19.1. The zero-order valence-electron chi connectivity index (χ0n) is 10.7. The van der Waals surface area contributed by atoms with Crippen molar-refractivity contribution in [2.45, 2.75) is 13.3 Å². The summed E-state index contributed by atoms with van der Waals surface area (Å²) in [6, 6.07) is 6.18. The number of hydrogen-bond donors (Lipinski definition) is 2. The van der Waals surface area contributed by atoms with Crippen molar-refractivity contribution in [2.75, 3.05) is 18.4 Å². The number of nitrogens with zero attached hydrogens (tertiary/aromatic N) is 1. The molecule has 1 heterocycles. The molecule has 0 aliphatic heterocycles. The first-order valence-corrected chi connectivity index (χ1v) is 6.25. The highest BCUT2D eigenvalue weighted by Gasteiger charge is 2.05. The van der Waals surface area contributed by atoms with Crippen LogP contribution < -0.4 is 10.6 Å². The number of aromatic nitrogens is 1. The van der Waals surface area contributed by atoms with E-state index in [0.29, 0.717) is 12.1 Å². The van der Waals surface area contributed by atoms with Crippen molar-refractivity contribution in [3.8, 4) is 0 Å². The van der Waals surface area contributed by atoms with E-state index in [1.165, 1.54) is 12.1 Å². The molecule has 0 saturated heterocycles. The Bertz CT molecular complexity index is 586. The quantitative estimate of drug-likeness (QED) is 0.868. The number of rotatable bonds is 5. The van der Waals surface area contributed by atoms with E-state index in [4.69, 9.17) is 0 Å². The highest BCUT2D eigenvalue weighted by Crippen LogP contribution is 2.21. The van der Waals surface area contributed by atoms with Gasteiger partial charge in [0.05, 0.1) is 12.1 Å². The molecule has 0 aliphatic carbocycles. The summed E-state index contributed by atoms with van der Waals surface area (Å²) in [5.74, 6) is -0.383. The van der Waals surface area contributed by atoms with Crippen LogP contribution in [0.25, 0.3) is 10.9 Å². The summed E-state index contributed by atoms with van der Waals surface area (Å²) in [7, 11) is 0. The average molecular weight is 261 g/mol. The van der Waals surface area contributed by atoms with E-state index in [-0.39, 0.29) is 18.3 Å². The van der Waals surface area contributed by atoms with E-state index < -0.39 is 0 Å². The molecule has 0 saturated carbocycles. The maximum absolute atomic E-state index is 13.1. The number of anilines is 1. The number of pyridine rings is 1. The fourth-order valence-electron chi connectivity index (χ4n) is 1.78. The molecule has 1 aromatic heterocycles. The van der Waals surface area contributed by atoms with Crippen molar-refractivity contribution in [1.29, 1.82) is 0 Å². The zero-order valence-corrected chi connectivity index (χ0v) is 10.7. The van der Waals surface area contributed by atoms with Gasteiger partial charge in [0.25, 0.3) is 0 Å². The third-order valence-electron chi connectivity index (χ3n) is 2.72. The van der Waals surface area contributed by atoms with Crippen molar-refractivity contribution >= 4 is 22.5 Å². The van der Waals surface area contributed by atoms with Gasteiger partial charge in [0.15, 0.2) is 0 Å². The first-order chi connectivity index (χ1) is 9.20. The lowest BCUT2D eigenvalue weighted by molar-refractivity contribution is -0.119. The molecule has 4 nitrogen and oxygen atoms in total. The number of hydrogen-bond acceptors (Lipinski definition) is 3. The van der Waals surface area contributed by atoms with Gasteiger partial charge in [0, 0.05) is 29.9 Å². The summed E-state index contributed by atoms with van der Waals surface area (Å²) in [6.07, 6.45) is 2.50. The molecule has 0 aliphatic rings. The predicted octanol–water partition coefficient (Wildman–Crippen LogP) is 2.31. The Hall–Kier alpha value is -2.17. The van der Waals surface area contributed by atoms with E-state index in [2.05, 4.69) is 15.6 Å². The second kappa shape index (κ2) is 6.13. The van der Waals surface area contributed by atoms with Crippen LogP contribution >= 0.6 is 0 Å². The number of carbonyl (C=O) groups is 1. The highest BCUT2D eigenvalue weighted by molar-refractivity contribution is 5.92. The molecule has 0 radical (unpaired) electrons. The average Bonchev–Trinajstić information content (AvgIpc) is 2.42. The molecule has 0 unspecified atom stereocenters. The minimum Gasteiger partial charge on any atom is -0.376 e. The maximum Gasteiger partial charge on any atom is 0.239 e. The van der Waals surface area contributed by atoms with E-state index in [9.17, 15) is 9.18 Å². The van der Waals surface area contributed by atoms with Crippen LogP contribution in [0.5, 0.6) is 0 Å². The molecule has 0 atom stereocenters. The van der Waals surface area contributed by atoms with Crippen LogP contribution in [0.2, 0.25) is 0 Å². The maximum atomic E-state index is 13.1. The predicted molar refractivity (Wildman–Crippen MR) is 73.5 cm³/mol. The summed E-state index contributed by atoms with van der Waals surface area (Å²) < 4.78 is 13.1. The summed E-state index contributed by atoms with van der Waals surface area (Å²) >= 11 is 0. The third-order valence-corrected chi connectivity index (χ3v) is 2.72. The minimum absolute atomic E-state index is 0.0612. The van der Waals surface area contributed by atoms with Gasteiger partial charge in [-0.05, 0) is 24.6 Å². The van der Waals surface area contributed by atoms with Crippen molar-refractivity contribution < 1.29 is 9.18 Å². The van der Waals surface area contributed by atoms with Crippen molar-refractivity contribution in [3.63, 3.8) is 0 Å². The molecular weight excluding hydrogens is 245 g/mol. The molecule has 5 heteroatoms. The second-order valence-corrected chi connectivity index (χ2v) is 4.22. The van der Waals surface area contributed by atoms with Crippen LogP contribution in [-0.2, 0) is 4.79 Å². The molecule has 0 bridgehead atoms. The van der Waals surface area contributed by atoms with E-state index in [1.807, 2.05) is 6.92 Å². The normalized spacial score (nSPS) is 10.4. The van der Waals surface area contributed by atoms with Gasteiger partial charge in [0.2, 0.25) is 5.91 Å². The van der Waals surface area contributed by atoms with Gasteiger partial charge in [-0.15, -0.1) is 0 Å². The van der Waals surface area contributed by atoms with Crippen molar-refractivity contribution in [2.24, 2.45) is 0 Å². The molecule has 100 valence electrons. The Labute approximate surface area is 111 Å². The summed E-state index contributed by atoms with van der Waals surface area (Å²) in [5.41, 5.74) is 1.34. The fraction of sp³-hybridized carbons (Fsp3) is 0.286. The van der Waals surface area contributed by atoms with Gasteiger partial charge in [-0.3, -0.25) is 9.78 Å². The summed E-state index contributed by atoms with van der Waals surface area (Å²) in [5, 5.41) is 6.62. The summed E-state index contributed by atoms with van der Waals surface area (Å²) in [4.78, 5) is 15.6. The Morgan fingerprint density at radius 1 is 1.37 bits per heavy atom. The Balaban J connectivity index is 2.10. The van der Waals surface area contributed by atoms with Crippen LogP contribution in [0.4, 0.5) is 10.1 Å². The fourth-order valence-corrected chi connectivity index (χ4v) is 1.78. The Morgan fingerprint density at radius 3 is 3.00 bits per heavy atom. The van der Waals surface area contributed by atoms with Crippen molar-refractivity contribution in [3.05, 3.63) is 36.3 Å². The van der Waals surface area contributed by atoms with E-state index >= 15 is 0 Å². The number of nitrogens with one attached hydrogen (secondary N) is 2. The number of fused-ring (bicyclic) bond motifs is 1. The number of halogens is 1. The number of benzene rings is 1. The van der Waals surface area contributed by atoms with Gasteiger partial charge in [0.1, 0.15) is 5.82 Å². The van der Waals surface area contributed by atoms with Gasteiger partial charge < -0.3 is 10.6 Å².